The first kappa shape index (κ1) is 17.3. The molecule has 1 unspecified atom stereocenters. The molecular formula is C23H25N3O2. The van der Waals surface area contributed by atoms with Crippen LogP contribution < -0.4 is 5.69 Å². The van der Waals surface area contributed by atoms with Crippen molar-refractivity contribution in [1.29, 1.82) is 0 Å². The standard InChI is InChI=1S/C23H25N3O2/c1-24-20-10-4-5-11-21(20)25(23(24)28)15-22(27)26(17-13-14-17)19-12-6-8-16-7-2-3-9-18(16)19/h2-5,7,9-11,17,19H,6,8,12-15H2,1H3. The fraction of sp³-hybridized carbons (Fsp3) is 0.391. The second kappa shape index (κ2) is 6.66. The van der Waals surface area contributed by atoms with Crippen molar-refractivity contribution in [2.24, 2.45) is 7.05 Å². The van der Waals surface area contributed by atoms with Crippen molar-refractivity contribution in [3.8, 4) is 0 Å². The maximum atomic E-state index is 13.5. The van der Waals surface area contributed by atoms with Crippen molar-refractivity contribution in [1.82, 2.24) is 14.0 Å². The van der Waals surface area contributed by atoms with Gasteiger partial charge in [-0.2, -0.15) is 0 Å². The summed E-state index contributed by atoms with van der Waals surface area (Å²) in [7, 11) is 1.77. The van der Waals surface area contributed by atoms with Gasteiger partial charge in [0.05, 0.1) is 17.1 Å². The highest BCUT2D eigenvalue weighted by Crippen LogP contribution is 2.41. The van der Waals surface area contributed by atoms with Crippen molar-refractivity contribution in [3.05, 3.63) is 70.1 Å². The van der Waals surface area contributed by atoms with Crippen molar-refractivity contribution < 1.29 is 4.79 Å². The number of imidazole rings is 1. The van der Waals surface area contributed by atoms with Crippen LogP contribution in [0.15, 0.2) is 53.3 Å². The van der Waals surface area contributed by atoms with Crippen LogP contribution in [0.25, 0.3) is 11.0 Å². The average Bonchev–Trinajstić information content (AvgIpc) is 3.53. The van der Waals surface area contributed by atoms with Gasteiger partial charge in [-0.3, -0.25) is 13.9 Å². The molecule has 0 spiro atoms. The van der Waals surface area contributed by atoms with Gasteiger partial charge in [0.25, 0.3) is 0 Å². The molecule has 2 aromatic carbocycles. The molecule has 1 heterocycles. The monoisotopic (exact) mass is 375 g/mol. The Morgan fingerprint density at radius 2 is 1.75 bits per heavy atom. The molecule has 1 aromatic heterocycles. The van der Waals surface area contributed by atoms with Gasteiger partial charge in [0.1, 0.15) is 6.54 Å². The molecule has 5 heteroatoms. The minimum absolute atomic E-state index is 0.0580. The first-order valence-electron chi connectivity index (χ1n) is 10.2. The van der Waals surface area contributed by atoms with Crippen LogP contribution >= 0.6 is 0 Å². The van der Waals surface area contributed by atoms with Crippen LogP contribution in [-0.4, -0.2) is 26.0 Å². The van der Waals surface area contributed by atoms with Crippen LogP contribution in [0, 0.1) is 0 Å². The van der Waals surface area contributed by atoms with E-state index in [-0.39, 0.29) is 24.2 Å². The Bertz CT molecular complexity index is 1110. The van der Waals surface area contributed by atoms with Gasteiger partial charge < -0.3 is 4.90 Å². The molecule has 0 saturated heterocycles. The summed E-state index contributed by atoms with van der Waals surface area (Å²) in [5.74, 6) is 0.0580. The highest BCUT2D eigenvalue weighted by Gasteiger charge is 2.39. The smallest absolute Gasteiger partial charge is 0.329 e. The Hall–Kier alpha value is -2.82. The molecule has 3 aromatic rings. The number of benzene rings is 2. The molecule has 144 valence electrons. The number of fused-ring (bicyclic) bond motifs is 2. The molecule has 1 amide bonds. The van der Waals surface area contributed by atoms with Gasteiger partial charge in [0.2, 0.25) is 5.91 Å². The van der Waals surface area contributed by atoms with Crippen molar-refractivity contribution in [2.75, 3.05) is 0 Å². The van der Waals surface area contributed by atoms with E-state index in [9.17, 15) is 9.59 Å². The fourth-order valence-corrected chi connectivity index (χ4v) is 4.73. The Labute approximate surface area is 164 Å². The number of para-hydroxylation sites is 2. The highest BCUT2D eigenvalue weighted by molar-refractivity contribution is 5.81. The molecular weight excluding hydrogens is 350 g/mol. The number of carbonyl (C=O) groups excluding carboxylic acids is 1. The summed E-state index contributed by atoms with van der Waals surface area (Å²) in [4.78, 5) is 28.3. The number of nitrogens with zero attached hydrogens (tertiary/aromatic N) is 3. The lowest BCUT2D eigenvalue weighted by Gasteiger charge is -2.36. The molecule has 2 aliphatic rings. The third kappa shape index (κ3) is 2.77. The summed E-state index contributed by atoms with van der Waals surface area (Å²) in [5.41, 5.74) is 4.21. The van der Waals surface area contributed by atoms with Gasteiger partial charge in [-0.1, -0.05) is 36.4 Å². The third-order valence-corrected chi connectivity index (χ3v) is 6.25. The molecule has 28 heavy (non-hydrogen) atoms. The Balaban J connectivity index is 1.51. The zero-order valence-corrected chi connectivity index (χ0v) is 16.2. The summed E-state index contributed by atoms with van der Waals surface area (Å²) in [5, 5.41) is 0. The Morgan fingerprint density at radius 1 is 1.04 bits per heavy atom. The molecule has 1 fully saturated rings. The summed E-state index contributed by atoms with van der Waals surface area (Å²) in [6.45, 7) is 0.107. The summed E-state index contributed by atoms with van der Waals surface area (Å²) in [6, 6.07) is 16.6. The van der Waals surface area contributed by atoms with Crippen molar-refractivity contribution in [2.45, 2.75) is 50.7 Å². The molecule has 1 atom stereocenters. The molecule has 0 radical (unpaired) electrons. The zero-order chi connectivity index (χ0) is 19.3. The van der Waals surface area contributed by atoms with Crippen molar-refractivity contribution in [3.63, 3.8) is 0 Å². The quantitative estimate of drug-likeness (QED) is 0.702. The first-order chi connectivity index (χ1) is 13.6. The van der Waals surface area contributed by atoms with Crippen LogP contribution in [0.5, 0.6) is 0 Å². The molecule has 0 N–H and O–H groups in total. The highest BCUT2D eigenvalue weighted by atomic mass is 16.2. The fourth-order valence-electron chi connectivity index (χ4n) is 4.73. The second-order valence-corrected chi connectivity index (χ2v) is 8.06. The van der Waals surface area contributed by atoms with E-state index >= 15 is 0 Å². The molecule has 0 bridgehead atoms. The zero-order valence-electron chi connectivity index (χ0n) is 16.2. The van der Waals surface area contributed by atoms with Crippen LogP contribution in [0.3, 0.4) is 0 Å². The van der Waals surface area contributed by atoms with E-state index in [0.29, 0.717) is 6.04 Å². The van der Waals surface area contributed by atoms with E-state index in [1.807, 2.05) is 24.3 Å². The average molecular weight is 375 g/mol. The summed E-state index contributed by atoms with van der Waals surface area (Å²) in [6.07, 6.45) is 5.32. The normalized spacial score (nSPS) is 18.8. The summed E-state index contributed by atoms with van der Waals surface area (Å²) < 4.78 is 3.25. The molecule has 5 rings (SSSR count). The van der Waals surface area contributed by atoms with Crippen LogP contribution in [0.4, 0.5) is 0 Å². The van der Waals surface area contributed by atoms with Crippen LogP contribution in [-0.2, 0) is 24.8 Å². The topological polar surface area (TPSA) is 47.2 Å². The van der Waals surface area contributed by atoms with Gasteiger partial charge in [-0.25, -0.2) is 4.79 Å². The lowest BCUT2D eigenvalue weighted by atomic mass is 9.86. The van der Waals surface area contributed by atoms with Gasteiger partial charge in [-0.15, -0.1) is 0 Å². The second-order valence-electron chi connectivity index (χ2n) is 8.06. The predicted octanol–water partition coefficient (Wildman–Crippen LogP) is 3.41. The number of hydrogen-bond donors (Lipinski definition) is 0. The van der Waals surface area contributed by atoms with E-state index < -0.39 is 0 Å². The summed E-state index contributed by atoms with van der Waals surface area (Å²) >= 11 is 0. The predicted molar refractivity (Wildman–Crippen MR) is 109 cm³/mol. The minimum Gasteiger partial charge on any atom is -0.331 e. The number of aromatic nitrogens is 2. The van der Waals surface area contributed by atoms with E-state index in [0.717, 1.165) is 43.1 Å². The van der Waals surface area contributed by atoms with E-state index in [1.54, 1.807) is 16.2 Å². The molecule has 2 aliphatic carbocycles. The van der Waals surface area contributed by atoms with E-state index in [1.165, 1.54) is 11.1 Å². The Morgan fingerprint density at radius 3 is 2.54 bits per heavy atom. The molecule has 5 nitrogen and oxygen atoms in total. The van der Waals surface area contributed by atoms with E-state index in [4.69, 9.17) is 0 Å². The number of hydrogen-bond acceptors (Lipinski definition) is 2. The number of amides is 1. The third-order valence-electron chi connectivity index (χ3n) is 6.25. The maximum Gasteiger partial charge on any atom is 0.329 e. The number of aryl methyl sites for hydroxylation is 2. The maximum absolute atomic E-state index is 13.5. The van der Waals surface area contributed by atoms with Crippen molar-refractivity contribution >= 4 is 16.9 Å². The van der Waals surface area contributed by atoms with Crippen LogP contribution in [0.2, 0.25) is 0 Å². The van der Waals surface area contributed by atoms with Gasteiger partial charge in [0.15, 0.2) is 0 Å². The lowest BCUT2D eigenvalue weighted by Crippen LogP contribution is -2.41. The van der Waals surface area contributed by atoms with Gasteiger partial charge in [-0.05, 0) is 55.4 Å². The first-order valence-corrected chi connectivity index (χ1v) is 10.2. The largest absolute Gasteiger partial charge is 0.331 e. The lowest BCUT2D eigenvalue weighted by molar-refractivity contribution is -0.135. The van der Waals surface area contributed by atoms with E-state index in [2.05, 4.69) is 29.2 Å². The minimum atomic E-state index is -0.130. The van der Waals surface area contributed by atoms with Gasteiger partial charge in [0, 0.05) is 13.1 Å². The number of carbonyl (C=O) groups is 1. The van der Waals surface area contributed by atoms with Crippen LogP contribution in [0.1, 0.15) is 42.9 Å². The van der Waals surface area contributed by atoms with Gasteiger partial charge >= 0.3 is 5.69 Å². The molecule has 1 saturated carbocycles. The Kier molecular flexibility index (Phi) is 4.11. The molecule has 0 aliphatic heterocycles. The SMILES string of the molecule is Cn1c(=O)n(CC(=O)N(C2CC2)C2CCCc3ccccc32)c2ccccc21. The number of rotatable bonds is 4.